The van der Waals surface area contributed by atoms with Gasteiger partial charge >= 0.3 is 0 Å². The summed E-state index contributed by atoms with van der Waals surface area (Å²) < 4.78 is 13.7. The van der Waals surface area contributed by atoms with Crippen LogP contribution in [0.5, 0.6) is 0 Å². The molecule has 1 nitrogen and oxygen atoms in total. The van der Waals surface area contributed by atoms with E-state index in [0.717, 1.165) is 5.56 Å². The van der Waals surface area contributed by atoms with Crippen molar-refractivity contribution in [1.29, 1.82) is 0 Å². The lowest BCUT2D eigenvalue weighted by Gasteiger charge is -2.01. The van der Waals surface area contributed by atoms with E-state index in [0.29, 0.717) is 9.39 Å². The van der Waals surface area contributed by atoms with Gasteiger partial charge in [-0.3, -0.25) is 0 Å². The first-order chi connectivity index (χ1) is 6.75. The van der Waals surface area contributed by atoms with Crippen molar-refractivity contribution in [1.82, 2.24) is 4.98 Å². The zero-order valence-electron chi connectivity index (χ0n) is 7.24. The first-order valence-corrected chi connectivity index (χ1v) is 5.22. The average Bonchev–Trinajstić information content (AvgIpc) is 2.18. The normalized spacial score (nSPS) is 10.1. The van der Waals surface area contributed by atoms with Gasteiger partial charge in [-0.1, -0.05) is 30.3 Å². The van der Waals surface area contributed by atoms with Crippen LogP contribution in [-0.2, 0) is 0 Å². The Hall–Kier alpha value is -0.970. The summed E-state index contributed by atoms with van der Waals surface area (Å²) in [6.07, 6.45) is 0. The van der Waals surface area contributed by atoms with Gasteiger partial charge in [0.15, 0.2) is 0 Å². The van der Waals surface area contributed by atoms with E-state index in [-0.39, 0.29) is 5.82 Å². The number of hydrogen-bond donors (Lipinski definition) is 0. The number of halogens is 2. The Morgan fingerprint density at radius 1 is 1.07 bits per heavy atom. The van der Waals surface area contributed by atoms with Crippen molar-refractivity contribution in [2.45, 2.75) is 0 Å². The summed E-state index contributed by atoms with van der Waals surface area (Å²) in [4.78, 5) is 4.25. The maximum Gasteiger partial charge on any atom is 0.127 e. The lowest BCUT2D eigenvalue weighted by Crippen LogP contribution is -1.88. The van der Waals surface area contributed by atoms with E-state index in [9.17, 15) is 4.39 Å². The zero-order chi connectivity index (χ0) is 9.97. The van der Waals surface area contributed by atoms with E-state index in [1.807, 2.05) is 52.9 Å². The Labute approximate surface area is 95.1 Å². The fourth-order valence-corrected chi connectivity index (χ4v) is 1.78. The van der Waals surface area contributed by atoms with Gasteiger partial charge in [0.25, 0.3) is 0 Å². The summed E-state index contributed by atoms with van der Waals surface area (Å²) in [6, 6.07) is 12.4. The van der Waals surface area contributed by atoms with Gasteiger partial charge in [-0.15, -0.1) is 0 Å². The molecule has 0 saturated heterocycles. The van der Waals surface area contributed by atoms with Crippen LogP contribution in [0, 0.1) is 9.52 Å². The predicted octanol–water partition coefficient (Wildman–Crippen LogP) is 3.49. The second-order valence-corrected chi connectivity index (χ2v) is 3.96. The SMILES string of the molecule is Fc1cc(I)nc(-c2ccccc2)c1. The van der Waals surface area contributed by atoms with E-state index in [1.165, 1.54) is 12.1 Å². The van der Waals surface area contributed by atoms with E-state index in [4.69, 9.17) is 0 Å². The third-order valence-electron chi connectivity index (χ3n) is 1.83. The molecule has 1 aromatic carbocycles. The molecule has 0 aliphatic rings. The molecule has 0 aliphatic carbocycles. The van der Waals surface area contributed by atoms with Gasteiger partial charge in [-0.05, 0) is 22.6 Å². The molecule has 3 heteroatoms. The molecule has 0 atom stereocenters. The summed E-state index contributed by atoms with van der Waals surface area (Å²) in [6.45, 7) is 0. The molecule has 0 saturated carbocycles. The van der Waals surface area contributed by atoms with Crippen LogP contribution in [0.4, 0.5) is 4.39 Å². The summed E-state index contributed by atoms with van der Waals surface area (Å²) in [7, 11) is 0. The highest BCUT2D eigenvalue weighted by Gasteiger charge is 2.02. The van der Waals surface area contributed by atoms with Gasteiger partial charge in [0.05, 0.1) is 5.69 Å². The van der Waals surface area contributed by atoms with Crippen LogP contribution in [0.3, 0.4) is 0 Å². The number of hydrogen-bond acceptors (Lipinski definition) is 1. The second-order valence-electron chi connectivity index (χ2n) is 2.86. The minimum atomic E-state index is -0.247. The molecule has 0 N–H and O–H groups in total. The molecule has 2 aromatic rings. The highest BCUT2D eigenvalue weighted by atomic mass is 127. The fraction of sp³-hybridized carbons (Fsp3) is 0. The lowest BCUT2D eigenvalue weighted by atomic mass is 10.1. The molecule has 0 fully saturated rings. The summed E-state index contributed by atoms with van der Waals surface area (Å²) in [5.41, 5.74) is 1.61. The first-order valence-electron chi connectivity index (χ1n) is 4.14. The third-order valence-corrected chi connectivity index (χ3v) is 2.38. The van der Waals surface area contributed by atoms with Gasteiger partial charge in [0.2, 0.25) is 0 Å². The Morgan fingerprint density at radius 3 is 2.43 bits per heavy atom. The minimum Gasteiger partial charge on any atom is -0.242 e. The Kier molecular flexibility index (Phi) is 2.77. The van der Waals surface area contributed by atoms with E-state index < -0.39 is 0 Å². The van der Waals surface area contributed by atoms with Crippen molar-refractivity contribution < 1.29 is 4.39 Å². The molecule has 1 aromatic heterocycles. The molecule has 1 heterocycles. The quantitative estimate of drug-likeness (QED) is 0.580. The summed E-state index contributed by atoms with van der Waals surface area (Å²) >= 11 is 2.01. The standard InChI is InChI=1S/C11H7FIN/c12-9-6-10(14-11(13)7-9)8-4-2-1-3-5-8/h1-7H. The minimum absolute atomic E-state index is 0.247. The van der Waals surface area contributed by atoms with Crippen molar-refractivity contribution in [3.05, 3.63) is 52.0 Å². The second kappa shape index (κ2) is 4.04. The van der Waals surface area contributed by atoms with Crippen molar-refractivity contribution in [2.75, 3.05) is 0 Å². The van der Waals surface area contributed by atoms with E-state index in [2.05, 4.69) is 4.98 Å². The number of benzene rings is 1. The van der Waals surface area contributed by atoms with Gasteiger partial charge in [-0.2, -0.15) is 0 Å². The van der Waals surface area contributed by atoms with E-state index >= 15 is 0 Å². The highest BCUT2D eigenvalue weighted by Crippen LogP contribution is 2.18. The van der Waals surface area contributed by atoms with Crippen LogP contribution in [0.15, 0.2) is 42.5 Å². The number of rotatable bonds is 1. The fourth-order valence-electron chi connectivity index (χ4n) is 1.22. The molecule has 14 heavy (non-hydrogen) atoms. The maximum absolute atomic E-state index is 13.1. The molecule has 2 rings (SSSR count). The summed E-state index contributed by atoms with van der Waals surface area (Å²) in [5, 5.41) is 0. The first kappa shape index (κ1) is 9.58. The molecule has 0 radical (unpaired) electrons. The largest absolute Gasteiger partial charge is 0.242 e. The third kappa shape index (κ3) is 2.09. The van der Waals surface area contributed by atoms with Crippen LogP contribution in [0.25, 0.3) is 11.3 Å². The number of pyridine rings is 1. The lowest BCUT2D eigenvalue weighted by molar-refractivity contribution is 0.625. The Balaban J connectivity index is 2.52. The molecule has 70 valence electrons. The Morgan fingerprint density at radius 2 is 1.79 bits per heavy atom. The maximum atomic E-state index is 13.1. The molecular weight excluding hydrogens is 292 g/mol. The van der Waals surface area contributed by atoms with Gasteiger partial charge in [0, 0.05) is 17.7 Å². The van der Waals surface area contributed by atoms with E-state index in [1.54, 1.807) is 0 Å². The molecule has 0 spiro atoms. The van der Waals surface area contributed by atoms with Gasteiger partial charge in [0.1, 0.15) is 9.52 Å². The summed E-state index contributed by atoms with van der Waals surface area (Å²) in [5.74, 6) is -0.247. The van der Waals surface area contributed by atoms with Gasteiger partial charge < -0.3 is 0 Å². The number of aromatic nitrogens is 1. The molecule has 0 bridgehead atoms. The zero-order valence-corrected chi connectivity index (χ0v) is 9.40. The molecule has 0 unspecified atom stereocenters. The highest BCUT2D eigenvalue weighted by molar-refractivity contribution is 14.1. The van der Waals surface area contributed by atoms with Gasteiger partial charge in [-0.25, -0.2) is 9.37 Å². The monoisotopic (exact) mass is 299 g/mol. The van der Waals surface area contributed by atoms with Crippen LogP contribution in [-0.4, -0.2) is 4.98 Å². The number of nitrogens with zero attached hydrogens (tertiary/aromatic N) is 1. The van der Waals surface area contributed by atoms with Crippen molar-refractivity contribution in [3.63, 3.8) is 0 Å². The predicted molar refractivity (Wildman–Crippen MR) is 62.3 cm³/mol. The van der Waals surface area contributed by atoms with Crippen LogP contribution >= 0.6 is 22.6 Å². The molecule has 0 amide bonds. The van der Waals surface area contributed by atoms with Crippen LogP contribution < -0.4 is 0 Å². The Bertz CT molecular complexity index is 422. The van der Waals surface area contributed by atoms with Crippen LogP contribution in [0.1, 0.15) is 0 Å². The van der Waals surface area contributed by atoms with Crippen molar-refractivity contribution in [2.24, 2.45) is 0 Å². The topological polar surface area (TPSA) is 12.9 Å². The molecular formula is C11H7FIN. The van der Waals surface area contributed by atoms with Crippen molar-refractivity contribution in [3.8, 4) is 11.3 Å². The van der Waals surface area contributed by atoms with Crippen molar-refractivity contribution >= 4 is 22.6 Å². The smallest absolute Gasteiger partial charge is 0.127 e. The average molecular weight is 299 g/mol. The van der Waals surface area contributed by atoms with Crippen LogP contribution in [0.2, 0.25) is 0 Å². The molecule has 0 aliphatic heterocycles.